The van der Waals surface area contributed by atoms with E-state index in [0.717, 1.165) is 24.2 Å². The highest BCUT2D eigenvalue weighted by molar-refractivity contribution is 5.92. The molecular formula is C21H31N5O2. The van der Waals surface area contributed by atoms with Crippen molar-refractivity contribution in [2.24, 2.45) is 5.92 Å². The van der Waals surface area contributed by atoms with E-state index in [9.17, 15) is 9.59 Å². The number of rotatable bonds is 4. The van der Waals surface area contributed by atoms with Crippen molar-refractivity contribution in [3.05, 3.63) is 45.9 Å². The Morgan fingerprint density at radius 1 is 1.25 bits per heavy atom. The lowest BCUT2D eigenvalue weighted by atomic mass is 9.92. The molecule has 1 saturated heterocycles. The van der Waals surface area contributed by atoms with Gasteiger partial charge in [0.2, 0.25) is 0 Å². The van der Waals surface area contributed by atoms with Crippen LogP contribution in [0.5, 0.6) is 0 Å². The van der Waals surface area contributed by atoms with Crippen molar-refractivity contribution in [2.45, 2.75) is 65.3 Å². The van der Waals surface area contributed by atoms with Crippen LogP contribution in [0.4, 0.5) is 0 Å². The first-order chi connectivity index (χ1) is 13.1. The Bertz CT molecular complexity index is 883. The predicted octanol–water partition coefficient (Wildman–Crippen LogP) is 2.94. The van der Waals surface area contributed by atoms with E-state index in [1.165, 1.54) is 0 Å². The van der Waals surface area contributed by atoms with Crippen molar-refractivity contribution in [3.8, 4) is 0 Å². The maximum absolute atomic E-state index is 12.7. The van der Waals surface area contributed by atoms with Crippen LogP contribution in [0.2, 0.25) is 0 Å². The Hall–Kier alpha value is -2.44. The van der Waals surface area contributed by atoms with Crippen LogP contribution in [0.25, 0.3) is 0 Å². The minimum atomic E-state index is -0.0645. The average molecular weight is 386 g/mol. The third kappa shape index (κ3) is 4.51. The largest absolute Gasteiger partial charge is 0.337 e. The molecule has 3 rings (SSSR count). The normalized spacial score (nSPS) is 16.0. The third-order valence-electron chi connectivity index (χ3n) is 5.45. The minimum Gasteiger partial charge on any atom is -0.337 e. The van der Waals surface area contributed by atoms with Crippen LogP contribution in [0.3, 0.4) is 0 Å². The van der Waals surface area contributed by atoms with Crippen LogP contribution in [0.15, 0.2) is 23.3 Å². The fourth-order valence-electron chi connectivity index (χ4n) is 3.47. The number of H-pyrrole nitrogens is 1. The quantitative estimate of drug-likeness (QED) is 0.877. The Morgan fingerprint density at radius 2 is 1.93 bits per heavy atom. The second-order valence-corrected chi connectivity index (χ2v) is 9.11. The number of piperidine rings is 1. The smallest absolute Gasteiger partial charge is 0.274 e. The second-order valence-electron chi connectivity index (χ2n) is 9.11. The number of carbonyl (C=O) groups excluding carboxylic acids is 1. The number of carbonyl (C=O) groups is 1. The van der Waals surface area contributed by atoms with Crippen molar-refractivity contribution in [2.75, 3.05) is 13.1 Å². The number of hydrogen-bond acceptors (Lipinski definition) is 4. The summed E-state index contributed by atoms with van der Waals surface area (Å²) in [6, 6.07) is 3.49. The van der Waals surface area contributed by atoms with Crippen molar-refractivity contribution in [3.63, 3.8) is 0 Å². The topological polar surface area (TPSA) is 83.9 Å². The third-order valence-corrected chi connectivity index (χ3v) is 5.45. The molecule has 1 aliphatic heterocycles. The molecule has 152 valence electrons. The first-order valence-electron chi connectivity index (χ1n) is 10.1. The lowest BCUT2D eigenvalue weighted by Gasteiger charge is -2.31. The molecule has 28 heavy (non-hydrogen) atoms. The maximum Gasteiger partial charge on any atom is 0.274 e. The highest BCUT2D eigenvalue weighted by atomic mass is 16.2. The second kappa shape index (κ2) is 7.89. The van der Waals surface area contributed by atoms with Gasteiger partial charge in [-0.25, -0.2) is 4.98 Å². The molecule has 0 atom stereocenters. The minimum absolute atomic E-state index is 0.00318. The highest BCUT2D eigenvalue weighted by Crippen LogP contribution is 2.23. The number of aromatic nitrogens is 4. The maximum atomic E-state index is 12.7. The monoisotopic (exact) mass is 385 g/mol. The van der Waals surface area contributed by atoms with Crippen molar-refractivity contribution < 1.29 is 4.79 Å². The van der Waals surface area contributed by atoms with Crippen molar-refractivity contribution in [1.82, 2.24) is 24.6 Å². The molecule has 7 nitrogen and oxygen atoms in total. The summed E-state index contributed by atoms with van der Waals surface area (Å²) in [5.41, 5.74) is 2.21. The van der Waals surface area contributed by atoms with Crippen LogP contribution in [0.1, 0.15) is 75.3 Å². The molecule has 0 unspecified atom stereocenters. The fraction of sp³-hybridized carbons (Fsp3) is 0.619. The SMILES string of the molecule is CC(C)c1cc(=O)n(CC2CCN(C(=O)c3cc(C(C)(C)C)[nH]n3)CC2)cn1. The first-order valence-corrected chi connectivity index (χ1v) is 10.1. The summed E-state index contributed by atoms with van der Waals surface area (Å²) in [6.07, 6.45) is 3.41. The number of likely N-dealkylation sites (tertiary alicyclic amines) is 1. The van der Waals surface area contributed by atoms with Gasteiger partial charge in [-0.2, -0.15) is 5.10 Å². The van der Waals surface area contributed by atoms with Gasteiger partial charge >= 0.3 is 0 Å². The van der Waals surface area contributed by atoms with E-state index in [-0.39, 0.29) is 22.8 Å². The van der Waals surface area contributed by atoms with Crippen molar-refractivity contribution >= 4 is 5.91 Å². The zero-order valence-electron chi connectivity index (χ0n) is 17.5. The Kier molecular flexibility index (Phi) is 5.72. The van der Waals surface area contributed by atoms with Gasteiger partial charge in [-0.3, -0.25) is 19.3 Å². The summed E-state index contributed by atoms with van der Waals surface area (Å²) in [5.74, 6) is 0.598. The summed E-state index contributed by atoms with van der Waals surface area (Å²) in [7, 11) is 0. The van der Waals surface area contributed by atoms with Crippen LogP contribution in [-0.2, 0) is 12.0 Å². The number of nitrogens with one attached hydrogen (secondary N) is 1. The summed E-state index contributed by atoms with van der Waals surface area (Å²) >= 11 is 0. The van der Waals surface area contributed by atoms with Crippen molar-refractivity contribution in [1.29, 1.82) is 0 Å². The molecule has 0 bridgehead atoms. The molecule has 0 saturated carbocycles. The summed E-state index contributed by atoms with van der Waals surface area (Å²) < 4.78 is 1.69. The number of hydrogen-bond donors (Lipinski definition) is 1. The van der Waals surface area contributed by atoms with Gasteiger partial charge in [0.1, 0.15) is 5.69 Å². The van der Waals surface area contributed by atoms with E-state index in [1.54, 1.807) is 17.0 Å². The van der Waals surface area contributed by atoms with Crippen LogP contribution in [-0.4, -0.2) is 43.6 Å². The van der Waals surface area contributed by atoms with Gasteiger partial charge in [0.15, 0.2) is 0 Å². The Labute approximate surface area is 166 Å². The molecule has 0 aromatic carbocycles. The zero-order valence-corrected chi connectivity index (χ0v) is 17.5. The molecule has 0 aliphatic carbocycles. The molecule has 1 N–H and O–H groups in total. The van der Waals surface area contributed by atoms with E-state index in [4.69, 9.17) is 0 Å². The molecule has 7 heteroatoms. The molecule has 1 amide bonds. The molecule has 1 fully saturated rings. The Balaban J connectivity index is 1.58. The lowest BCUT2D eigenvalue weighted by molar-refractivity contribution is 0.0676. The average Bonchev–Trinajstić information content (AvgIpc) is 3.14. The molecule has 2 aromatic heterocycles. The predicted molar refractivity (Wildman–Crippen MR) is 109 cm³/mol. The molecule has 3 heterocycles. The zero-order chi connectivity index (χ0) is 20.5. The lowest BCUT2D eigenvalue weighted by Crippen LogP contribution is -2.40. The number of amides is 1. The van der Waals surface area contributed by atoms with E-state index >= 15 is 0 Å². The molecule has 0 radical (unpaired) electrons. The van der Waals surface area contributed by atoms with E-state index < -0.39 is 0 Å². The van der Waals surface area contributed by atoms with Gasteiger partial charge in [-0.15, -0.1) is 0 Å². The van der Waals surface area contributed by atoms with Gasteiger partial charge in [0.05, 0.1) is 12.0 Å². The van der Waals surface area contributed by atoms with E-state index in [1.807, 2.05) is 24.8 Å². The molecular weight excluding hydrogens is 354 g/mol. The molecule has 2 aromatic rings. The van der Waals surface area contributed by atoms with Gasteiger partial charge < -0.3 is 4.90 Å². The Morgan fingerprint density at radius 3 is 2.46 bits per heavy atom. The standard InChI is InChI=1S/C21H31N5O2/c1-14(2)16-11-19(27)26(13-22-16)12-15-6-8-25(9-7-15)20(28)17-10-18(24-23-17)21(3,4)5/h10-11,13-15H,6-9,12H2,1-5H3,(H,23,24). The van der Waals surface area contributed by atoms with Crippen LogP contribution >= 0.6 is 0 Å². The van der Waals surface area contributed by atoms with Crippen LogP contribution < -0.4 is 5.56 Å². The molecule has 1 aliphatic rings. The fourth-order valence-corrected chi connectivity index (χ4v) is 3.47. The first kappa shape index (κ1) is 20.3. The van der Waals surface area contributed by atoms with E-state index in [2.05, 4.69) is 36.0 Å². The summed E-state index contributed by atoms with van der Waals surface area (Å²) in [5, 5.41) is 7.19. The number of nitrogens with zero attached hydrogens (tertiary/aromatic N) is 4. The molecule has 0 spiro atoms. The summed E-state index contributed by atoms with van der Waals surface area (Å²) in [6.45, 7) is 12.4. The summed E-state index contributed by atoms with van der Waals surface area (Å²) in [4.78, 5) is 31.3. The van der Waals surface area contributed by atoms with Crippen LogP contribution in [0, 0.1) is 5.92 Å². The van der Waals surface area contributed by atoms with Gasteiger partial charge in [0, 0.05) is 36.8 Å². The highest BCUT2D eigenvalue weighted by Gasteiger charge is 2.27. The van der Waals surface area contributed by atoms with Gasteiger partial charge in [0.25, 0.3) is 11.5 Å². The number of aromatic amines is 1. The van der Waals surface area contributed by atoms with Gasteiger partial charge in [-0.05, 0) is 30.7 Å². The van der Waals surface area contributed by atoms with E-state index in [0.29, 0.717) is 31.2 Å². The van der Waals surface area contributed by atoms with Gasteiger partial charge in [-0.1, -0.05) is 34.6 Å².